The lowest BCUT2D eigenvalue weighted by Crippen LogP contribution is -2.46. The van der Waals surface area contributed by atoms with E-state index in [-0.39, 0.29) is 5.75 Å². The van der Waals surface area contributed by atoms with Crippen LogP contribution in [0.3, 0.4) is 0 Å². The lowest BCUT2D eigenvalue weighted by atomic mass is 9.64. The second kappa shape index (κ2) is 9.03. The van der Waals surface area contributed by atoms with E-state index < -0.39 is 28.7 Å². The maximum absolute atomic E-state index is 14.3. The van der Waals surface area contributed by atoms with E-state index in [1.165, 1.54) is 23.8 Å². The number of nitrogens with zero attached hydrogens (tertiary/aromatic N) is 2. The van der Waals surface area contributed by atoms with E-state index in [1.54, 1.807) is 6.20 Å². The number of hydrogen-bond acceptors (Lipinski definition) is 5. The highest BCUT2D eigenvalue weighted by Gasteiger charge is 2.72. The van der Waals surface area contributed by atoms with Gasteiger partial charge in [-0.05, 0) is 41.5 Å². The van der Waals surface area contributed by atoms with E-state index in [4.69, 9.17) is 4.74 Å². The van der Waals surface area contributed by atoms with Gasteiger partial charge in [-0.2, -0.15) is 5.26 Å². The van der Waals surface area contributed by atoms with Gasteiger partial charge >= 0.3 is 5.97 Å². The number of ether oxygens (including phenoxy) is 1. The molecule has 5 nitrogen and oxygen atoms in total. The molecule has 174 valence electrons. The van der Waals surface area contributed by atoms with Crippen molar-refractivity contribution in [2.75, 3.05) is 12.9 Å². The minimum Gasteiger partial charge on any atom is -0.468 e. The van der Waals surface area contributed by atoms with Gasteiger partial charge in [-0.1, -0.05) is 70.5 Å². The molecule has 35 heavy (non-hydrogen) atoms. The predicted molar refractivity (Wildman–Crippen MR) is 138 cm³/mol. The first-order chi connectivity index (χ1) is 17.0. The number of hydrogen-bond donors (Lipinski definition) is 0. The summed E-state index contributed by atoms with van der Waals surface area (Å²) in [6, 6.07) is 27.1. The van der Waals surface area contributed by atoms with Crippen molar-refractivity contribution >= 4 is 45.6 Å². The maximum Gasteiger partial charge on any atom is 0.323 e. The standard InChI is InChI=1S/C28H21BrN2O3S/c1-34-26(33)27(18-35-22-8-3-2-4-9-22)24(20-11-13-21(29)14-12-20)28(17-30)23-10-6-5-7-19(23)15-16-31(28)25(27)32/h2-16,24H,18H2,1H3/t24-,27+,28+/m1/s1. The molecule has 2 aliphatic rings. The zero-order valence-electron chi connectivity index (χ0n) is 18.9. The molecule has 0 N–H and O–H groups in total. The van der Waals surface area contributed by atoms with Gasteiger partial charge in [0.1, 0.15) is 0 Å². The average molecular weight is 545 g/mol. The summed E-state index contributed by atoms with van der Waals surface area (Å²) in [6.07, 6.45) is 3.46. The number of fused-ring (bicyclic) bond motifs is 3. The number of nitriles is 1. The number of carbonyl (C=O) groups is 2. The Morgan fingerprint density at radius 1 is 1.09 bits per heavy atom. The number of benzene rings is 3. The Morgan fingerprint density at radius 3 is 2.46 bits per heavy atom. The third kappa shape index (κ3) is 3.43. The molecule has 3 aromatic rings. The van der Waals surface area contributed by atoms with Crippen LogP contribution in [0.2, 0.25) is 0 Å². The van der Waals surface area contributed by atoms with Crippen LogP contribution in [0.5, 0.6) is 0 Å². The summed E-state index contributed by atoms with van der Waals surface area (Å²) in [6.45, 7) is 0. The Labute approximate surface area is 216 Å². The highest BCUT2D eigenvalue weighted by molar-refractivity contribution is 9.10. The Kier molecular flexibility index (Phi) is 6.04. The monoisotopic (exact) mass is 544 g/mol. The molecular weight excluding hydrogens is 524 g/mol. The SMILES string of the molecule is COC(=O)[C@]1(CSc2ccccc2)C(=O)N2C=Cc3ccccc3[C@@]2(C#N)[C@@H]1c1ccc(Br)cc1. The van der Waals surface area contributed by atoms with Crippen molar-refractivity contribution in [3.05, 3.63) is 106 Å². The molecule has 0 saturated carbocycles. The minimum atomic E-state index is -1.62. The van der Waals surface area contributed by atoms with E-state index in [0.29, 0.717) is 5.56 Å². The second-order valence-electron chi connectivity index (χ2n) is 8.51. The lowest BCUT2D eigenvalue weighted by molar-refractivity contribution is -0.157. The van der Waals surface area contributed by atoms with Crippen LogP contribution in [0.25, 0.3) is 6.08 Å². The first kappa shape index (κ1) is 23.4. The van der Waals surface area contributed by atoms with E-state index >= 15 is 0 Å². The Morgan fingerprint density at radius 2 is 1.77 bits per heavy atom. The maximum atomic E-state index is 14.3. The van der Waals surface area contributed by atoms with E-state index in [2.05, 4.69) is 22.0 Å². The quantitative estimate of drug-likeness (QED) is 0.233. The first-order valence-corrected chi connectivity index (χ1v) is 12.8. The molecule has 0 aliphatic carbocycles. The smallest absolute Gasteiger partial charge is 0.323 e. The number of amides is 1. The molecule has 0 spiro atoms. The zero-order chi connectivity index (χ0) is 24.6. The molecular formula is C28H21BrN2O3S. The molecule has 7 heteroatoms. The Bertz CT molecular complexity index is 1370. The van der Waals surface area contributed by atoms with Gasteiger partial charge < -0.3 is 4.74 Å². The van der Waals surface area contributed by atoms with Crippen molar-refractivity contribution < 1.29 is 14.3 Å². The normalized spacial score (nSPS) is 24.4. The molecule has 3 aromatic carbocycles. The molecule has 1 fully saturated rings. The molecule has 0 radical (unpaired) electrons. The van der Waals surface area contributed by atoms with Gasteiger partial charge in [-0.3, -0.25) is 14.5 Å². The minimum absolute atomic E-state index is 0.124. The molecule has 3 atom stereocenters. The number of thioether (sulfide) groups is 1. The van der Waals surface area contributed by atoms with Crippen molar-refractivity contribution in [3.8, 4) is 6.07 Å². The largest absolute Gasteiger partial charge is 0.468 e. The van der Waals surface area contributed by atoms with Crippen molar-refractivity contribution in [1.29, 1.82) is 5.26 Å². The molecule has 1 saturated heterocycles. The van der Waals surface area contributed by atoms with Crippen molar-refractivity contribution in [3.63, 3.8) is 0 Å². The second-order valence-corrected chi connectivity index (χ2v) is 10.5. The average Bonchev–Trinajstić information content (AvgIpc) is 3.14. The van der Waals surface area contributed by atoms with Gasteiger partial charge in [-0.15, -0.1) is 11.8 Å². The van der Waals surface area contributed by atoms with E-state index in [9.17, 15) is 14.9 Å². The van der Waals surface area contributed by atoms with Gasteiger partial charge in [-0.25, -0.2) is 0 Å². The molecule has 5 rings (SSSR count). The van der Waals surface area contributed by atoms with Crippen LogP contribution < -0.4 is 0 Å². The fraction of sp³-hybridized carbons (Fsp3) is 0.179. The van der Waals surface area contributed by atoms with Gasteiger partial charge in [0, 0.05) is 26.9 Å². The molecule has 1 amide bonds. The summed E-state index contributed by atoms with van der Waals surface area (Å²) in [5, 5.41) is 10.8. The van der Waals surface area contributed by atoms with Gasteiger partial charge in [0.2, 0.25) is 5.91 Å². The van der Waals surface area contributed by atoms with Crippen LogP contribution in [-0.4, -0.2) is 29.6 Å². The third-order valence-electron chi connectivity index (χ3n) is 6.80. The molecule has 0 unspecified atom stereocenters. The van der Waals surface area contributed by atoms with Gasteiger partial charge in [0.25, 0.3) is 0 Å². The van der Waals surface area contributed by atoms with Crippen LogP contribution in [0.1, 0.15) is 22.6 Å². The first-order valence-electron chi connectivity index (χ1n) is 11.0. The van der Waals surface area contributed by atoms with Gasteiger partial charge in [0.05, 0.1) is 19.1 Å². The Balaban J connectivity index is 1.79. The van der Waals surface area contributed by atoms with Crippen molar-refractivity contribution in [2.24, 2.45) is 5.41 Å². The summed E-state index contributed by atoms with van der Waals surface area (Å²) in [7, 11) is 1.29. The summed E-state index contributed by atoms with van der Waals surface area (Å²) in [5.41, 5.74) is -0.782. The number of carbonyl (C=O) groups excluding carboxylic acids is 2. The Hall–Kier alpha value is -3.34. The summed E-state index contributed by atoms with van der Waals surface area (Å²) in [4.78, 5) is 30.4. The summed E-state index contributed by atoms with van der Waals surface area (Å²) < 4.78 is 6.17. The fourth-order valence-electron chi connectivity index (χ4n) is 5.27. The number of halogens is 1. The van der Waals surface area contributed by atoms with Crippen LogP contribution in [0.15, 0.2) is 94.4 Å². The van der Waals surface area contributed by atoms with Gasteiger partial charge in [0.15, 0.2) is 11.0 Å². The predicted octanol–water partition coefficient (Wildman–Crippen LogP) is 5.73. The van der Waals surface area contributed by atoms with E-state index in [0.717, 1.165) is 20.5 Å². The van der Waals surface area contributed by atoms with E-state index in [1.807, 2.05) is 84.9 Å². The van der Waals surface area contributed by atoms with Crippen LogP contribution in [0, 0.1) is 16.7 Å². The topological polar surface area (TPSA) is 70.4 Å². The highest BCUT2D eigenvalue weighted by Crippen LogP contribution is 2.62. The summed E-state index contributed by atoms with van der Waals surface area (Å²) in [5.74, 6) is -1.77. The van der Waals surface area contributed by atoms with Crippen molar-refractivity contribution in [2.45, 2.75) is 16.4 Å². The molecule has 2 aliphatic heterocycles. The fourth-order valence-corrected chi connectivity index (χ4v) is 6.69. The third-order valence-corrected chi connectivity index (χ3v) is 8.53. The summed E-state index contributed by atoms with van der Waals surface area (Å²) >= 11 is 4.88. The molecule has 0 bridgehead atoms. The van der Waals surface area contributed by atoms with Crippen molar-refractivity contribution in [1.82, 2.24) is 4.90 Å². The van der Waals surface area contributed by atoms with Crippen LogP contribution >= 0.6 is 27.7 Å². The molecule has 0 aromatic heterocycles. The molecule has 2 heterocycles. The number of esters is 1. The van der Waals surface area contributed by atoms with Crippen LogP contribution in [0.4, 0.5) is 0 Å². The van der Waals surface area contributed by atoms with Crippen LogP contribution in [-0.2, 0) is 19.9 Å². The number of methoxy groups -OCH3 is 1. The highest BCUT2D eigenvalue weighted by atomic mass is 79.9. The number of rotatable bonds is 5. The lowest BCUT2D eigenvalue weighted by Gasteiger charge is -2.40. The zero-order valence-corrected chi connectivity index (χ0v) is 21.3.